The van der Waals surface area contributed by atoms with Gasteiger partial charge in [0.05, 0.1) is 6.61 Å². The fourth-order valence-electron chi connectivity index (χ4n) is 8.63. The molecule has 1 atom stereocenters. The average Bonchev–Trinajstić information content (AvgIpc) is 4.04. The molecule has 0 saturated heterocycles. The molecule has 0 bridgehead atoms. The molecule has 4 amide bonds. The summed E-state index contributed by atoms with van der Waals surface area (Å²) in [6, 6.07) is 16.9. The maximum Gasteiger partial charge on any atom is 0.274 e. The van der Waals surface area contributed by atoms with Crippen LogP contribution in [0.4, 0.5) is 17.1 Å². The number of H-pyrrole nitrogens is 3. The molecule has 294 valence electrons. The second kappa shape index (κ2) is 14.3. The summed E-state index contributed by atoms with van der Waals surface area (Å²) < 4.78 is 16.1. The van der Waals surface area contributed by atoms with Gasteiger partial charge in [0.1, 0.15) is 24.7 Å². The Hall–Kier alpha value is -5.73. The normalized spacial score (nSPS) is 15.7. The number of nitrogens with zero attached hydrogens (tertiary/aromatic N) is 3. The van der Waals surface area contributed by atoms with Gasteiger partial charge in [0, 0.05) is 95.6 Å². The van der Waals surface area contributed by atoms with Crippen LogP contribution in [0.3, 0.4) is 0 Å². The summed E-state index contributed by atoms with van der Waals surface area (Å²) in [4.78, 5) is 80.1. The standard InChI is InChI=1S/C41H42N7O8P/c1-57(54,55)56-19-2-4-38(50)46-15-11-23-27-21-33(44-30(27)5-8-35(23)46)40(52)48-17-13-25-28-22-34(45-31(28)7-10-37(25)48)41(53)47-16-12-24-26-20-32(39(51)42-14-3-18-49)43-29(26)6-9-36(24)47/h5-10,20-22,43-45,49H,2-4,11-19H2,1H3,(H,42,51)(H,54,55)/p-1. The van der Waals surface area contributed by atoms with Crippen LogP contribution in [0.15, 0.2) is 54.6 Å². The molecule has 3 aromatic carbocycles. The Morgan fingerprint density at radius 2 is 1.18 bits per heavy atom. The van der Waals surface area contributed by atoms with Crippen LogP contribution in [0.1, 0.15) is 67.4 Å². The van der Waals surface area contributed by atoms with Crippen LogP contribution in [0.5, 0.6) is 0 Å². The van der Waals surface area contributed by atoms with Crippen LogP contribution < -0.4 is 24.9 Å². The van der Waals surface area contributed by atoms with E-state index in [2.05, 4.69) is 20.3 Å². The van der Waals surface area contributed by atoms with Gasteiger partial charge in [-0.1, -0.05) is 0 Å². The Bertz CT molecular complexity index is 2690. The molecule has 16 heteroatoms. The van der Waals surface area contributed by atoms with Crippen molar-refractivity contribution in [2.75, 3.05) is 60.8 Å². The second-order valence-corrected chi connectivity index (χ2v) is 16.7. The van der Waals surface area contributed by atoms with E-state index in [-0.39, 0.29) is 43.3 Å². The monoisotopic (exact) mass is 790 g/mol. The van der Waals surface area contributed by atoms with Crippen LogP contribution in [-0.2, 0) is 33.1 Å². The molecule has 15 nitrogen and oxygen atoms in total. The van der Waals surface area contributed by atoms with Crippen molar-refractivity contribution in [1.29, 1.82) is 0 Å². The third-order valence-electron chi connectivity index (χ3n) is 11.3. The molecule has 9 rings (SSSR count). The number of rotatable bonds is 11. The first kappa shape index (κ1) is 36.9. The Morgan fingerprint density at radius 1 is 0.719 bits per heavy atom. The van der Waals surface area contributed by atoms with Gasteiger partial charge in [-0.3, -0.25) is 19.2 Å². The first-order valence-electron chi connectivity index (χ1n) is 19.2. The lowest BCUT2D eigenvalue weighted by Crippen LogP contribution is -2.29. The van der Waals surface area contributed by atoms with E-state index in [0.717, 1.165) is 73.1 Å². The fraction of sp³-hybridized carbons (Fsp3) is 0.317. The summed E-state index contributed by atoms with van der Waals surface area (Å²) in [7, 11) is -3.84. The first-order valence-corrected chi connectivity index (χ1v) is 21.2. The van der Waals surface area contributed by atoms with Gasteiger partial charge >= 0.3 is 0 Å². The minimum atomic E-state index is -3.84. The lowest BCUT2D eigenvalue weighted by Gasteiger charge is -2.19. The van der Waals surface area contributed by atoms with Crippen LogP contribution in [0.25, 0.3) is 32.7 Å². The smallest absolute Gasteiger partial charge is 0.274 e. The largest absolute Gasteiger partial charge is 0.779 e. The minimum absolute atomic E-state index is 0.000842. The third-order valence-corrected chi connectivity index (χ3v) is 11.9. The van der Waals surface area contributed by atoms with Crippen molar-refractivity contribution in [3.8, 4) is 0 Å². The van der Waals surface area contributed by atoms with Crippen molar-refractivity contribution >= 4 is 81.0 Å². The van der Waals surface area contributed by atoms with Gasteiger partial charge in [0.25, 0.3) is 17.7 Å². The molecule has 57 heavy (non-hydrogen) atoms. The molecule has 6 heterocycles. The molecule has 3 aliphatic heterocycles. The Morgan fingerprint density at radius 3 is 1.67 bits per heavy atom. The number of carbonyl (C=O) groups is 4. The molecule has 3 aromatic heterocycles. The van der Waals surface area contributed by atoms with E-state index >= 15 is 0 Å². The third kappa shape index (κ3) is 6.59. The zero-order chi connectivity index (χ0) is 39.6. The van der Waals surface area contributed by atoms with Crippen LogP contribution in [0, 0.1) is 0 Å². The van der Waals surface area contributed by atoms with Gasteiger partial charge in [0.15, 0.2) is 0 Å². The average molecular weight is 791 g/mol. The van der Waals surface area contributed by atoms with E-state index in [9.17, 15) is 28.6 Å². The van der Waals surface area contributed by atoms with E-state index in [4.69, 9.17) is 9.63 Å². The van der Waals surface area contributed by atoms with Crippen LogP contribution in [0.2, 0.25) is 0 Å². The van der Waals surface area contributed by atoms with E-state index in [1.807, 2.05) is 54.6 Å². The molecule has 0 fully saturated rings. The molecule has 0 saturated carbocycles. The van der Waals surface area contributed by atoms with Gasteiger partial charge < -0.3 is 54.1 Å². The summed E-state index contributed by atoms with van der Waals surface area (Å²) in [5.41, 5.74) is 9.13. The van der Waals surface area contributed by atoms with Crippen molar-refractivity contribution < 1.29 is 38.3 Å². The van der Waals surface area contributed by atoms with Crippen molar-refractivity contribution in [3.05, 3.63) is 88.4 Å². The van der Waals surface area contributed by atoms with Crippen molar-refractivity contribution in [2.24, 2.45) is 0 Å². The van der Waals surface area contributed by atoms with Gasteiger partial charge in [-0.15, -0.1) is 0 Å². The molecule has 6 aromatic rings. The zero-order valence-corrected chi connectivity index (χ0v) is 32.2. The number of amides is 4. The molecular weight excluding hydrogens is 749 g/mol. The van der Waals surface area contributed by atoms with Crippen molar-refractivity contribution in [3.63, 3.8) is 0 Å². The maximum atomic E-state index is 14.1. The van der Waals surface area contributed by atoms with E-state index < -0.39 is 7.60 Å². The highest BCUT2D eigenvalue weighted by Crippen LogP contribution is 2.40. The molecular formula is C41H41N7O8P-. The molecule has 0 aliphatic carbocycles. The SMILES string of the molecule is CP(=O)([O-])OCCCC(=O)N1CCc2c1ccc1[nH]c(C(=O)N3CCc4c3ccc3[nH]c(C(=O)N5CCc6c5ccc5[nH]c(C(=O)NCCCO)cc65)cc43)cc21. The topological polar surface area (TPSA) is 207 Å². The van der Waals surface area contributed by atoms with Crippen LogP contribution in [-0.4, -0.2) is 89.7 Å². The number of benzene rings is 3. The number of carbonyl (C=O) groups excluding carboxylic acids is 4. The van der Waals surface area contributed by atoms with Crippen molar-refractivity contribution in [1.82, 2.24) is 20.3 Å². The highest BCUT2D eigenvalue weighted by atomic mass is 31.2. The summed E-state index contributed by atoms with van der Waals surface area (Å²) in [6.45, 7) is 2.83. The molecule has 0 spiro atoms. The summed E-state index contributed by atoms with van der Waals surface area (Å²) in [5.74, 6) is -0.677. The number of aromatic amines is 3. The number of aliphatic hydroxyl groups is 1. The Balaban J connectivity index is 0.918. The van der Waals surface area contributed by atoms with Gasteiger partial charge in [0.2, 0.25) is 5.91 Å². The molecule has 1 unspecified atom stereocenters. The quantitative estimate of drug-likeness (QED) is 0.0930. The summed E-state index contributed by atoms with van der Waals surface area (Å²) >= 11 is 0. The van der Waals surface area contributed by atoms with E-state index in [0.29, 0.717) is 75.4 Å². The van der Waals surface area contributed by atoms with Crippen molar-refractivity contribution in [2.45, 2.75) is 38.5 Å². The number of fused-ring (bicyclic) bond motifs is 9. The highest BCUT2D eigenvalue weighted by Gasteiger charge is 2.33. The van der Waals surface area contributed by atoms with Crippen LogP contribution >= 0.6 is 7.60 Å². The predicted molar refractivity (Wildman–Crippen MR) is 214 cm³/mol. The second-order valence-electron chi connectivity index (χ2n) is 14.9. The van der Waals surface area contributed by atoms with Gasteiger partial charge in [-0.2, -0.15) is 0 Å². The number of hydrogen-bond acceptors (Lipinski definition) is 8. The Kier molecular flexibility index (Phi) is 9.27. The fourth-order valence-corrected chi connectivity index (χ4v) is 9.09. The maximum absolute atomic E-state index is 14.1. The minimum Gasteiger partial charge on any atom is -0.779 e. The molecule has 3 aliphatic rings. The zero-order valence-electron chi connectivity index (χ0n) is 31.3. The number of hydrogen-bond donors (Lipinski definition) is 5. The van der Waals surface area contributed by atoms with Gasteiger partial charge in [-0.05, 0) is 103 Å². The number of aromatic nitrogens is 3. The van der Waals surface area contributed by atoms with E-state index in [1.165, 1.54) is 0 Å². The highest BCUT2D eigenvalue weighted by molar-refractivity contribution is 7.50. The lowest BCUT2D eigenvalue weighted by molar-refractivity contribution is -0.196. The molecule has 0 radical (unpaired) electrons. The molecule has 5 N–H and O–H groups in total. The lowest BCUT2D eigenvalue weighted by atomic mass is 10.1. The summed E-state index contributed by atoms with van der Waals surface area (Å²) in [6.07, 6.45) is 2.84. The summed E-state index contributed by atoms with van der Waals surface area (Å²) in [5, 5.41) is 14.5. The van der Waals surface area contributed by atoms with Gasteiger partial charge in [-0.25, -0.2) is 0 Å². The number of anilines is 3. The predicted octanol–water partition coefficient (Wildman–Crippen LogP) is 4.52. The number of aliphatic hydroxyl groups excluding tert-OH is 1. The first-order chi connectivity index (χ1) is 27.5. The Labute approximate surface area is 326 Å². The van der Waals surface area contributed by atoms with E-state index in [1.54, 1.807) is 14.7 Å². The number of nitrogens with one attached hydrogen (secondary N) is 4.